The Hall–Kier alpha value is -2.82. The van der Waals surface area contributed by atoms with E-state index in [2.05, 4.69) is 21.5 Å². The number of aliphatic imine (C=N–C) groups is 1. The lowest BCUT2D eigenvalue weighted by atomic mass is 10.2. The van der Waals surface area contributed by atoms with Gasteiger partial charge in [-0.1, -0.05) is 18.7 Å². The van der Waals surface area contributed by atoms with Crippen LogP contribution in [0.3, 0.4) is 0 Å². The molecule has 0 fully saturated rings. The lowest BCUT2D eigenvalue weighted by Crippen LogP contribution is -1.97. The van der Waals surface area contributed by atoms with E-state index in [1.807, 2.05) is 24.3 Å². The van der Waals surface area contributed by atoms with Crippen molar-refractivity contribution in [2.75, 3.05) is 6.67 Å². The highest BCUT2D eigenvalue weighted by atomic mass is 19.1. The highest BCUT2D eigenvalue weighted by Crippen LogP contribution is 2.14. The topological polar surface area (TPSA) is 64.2 Å². The number of nitrogens with two attached hydrogens (primary N) is 1. The molecule has 0 saturated heterocycles. The molecule has 5 heteroatoms. The summed E-state index contributed by atoms with van der Waals surface area (Å²) < 4.78 is 12.3. The predicted molar refractivity (Wildman–Crippen MR) is 84.4 cm³/mol. The van der Waals surface area contributed by atoms with Gasteiger partial charge >= 0.3 is 0 Å². The lowest BCUT2D eigenvalue weighted by molar-refractivity contribution is 0.560. The van der Waals surface area contributed by atoms with Gasteiger partial charge in [0.15, 0.2) is 0 Å². The number of rotatable bonds is 5. The second kappa shape index (κ2) is 7.09. The Morgan fingerprint density at radius 1 is 1.33 bits per heavy atom. The number of benzene rings is 1. The van der Waals surface area contributed by atoms with Gasteiger partial charge < -0.3 is 5.73 Å². The first kappa shape index (κ1) is 14.6. The molecule has 0 unspecified atom stereocenters. The van der Waals surface area contributed by atoms with Crippen molar-refractivity contribution in [2.24, 2.45) is 10.7 Å². The largest absolute Gasteiger partial charge is 0.404 e. The molecule has 0 aliphatic carbocycles. The molecule has 1 aromatic heterocycles. The van der Waals surface area contributed by atoms with Crippen molar-refractivity contribution in [3.8, 4) is 0 Å². The Labute approximate surface area is 122 Å². The number of allylic oxidation sites excluding steroid dienone is 3. The number of halogens is 1. The molecule has 2 N–H and O–H groups in total. The smallest absolute Gasteiger partial charge is 0.110 e. The van der Waals surface area contributed by atoms with Crippen LogP contribution < -0.4 is 5.73 Å². The number of aromatic nitrogens is 2. The second-order valence-corrected chi connectivity index (χ2v) is 4.11. The van der Waals surface area contributed by atoms with Gasteiger partial charge in [-0.15, -0.1) is 0 Å². The number of hydrogen-bond acceptors (Lipinski definition) is 4. The molecule has 1 aromatic carbocycles. The zero-order valence-electron chi connectivity index (χ0n) is 11.4. The van der Waals surface area contributed by atoms with Gasteiger partial charge in [-0.25, -0.2) is 9.37 Å². The van der Waals surface area contributed by atoms with Crippen LogP contribution in [0, 0.1) is 0 Å². The van der Waals surface area contributed by atoms with Crippen LogP contribution in [0.4, 0.5) is 4.39 Å². The van der Waals surface area contributed by atoms with E-state index in [-0.39, 0.29) is 0 Å². The SMILES string of the molecule is C=C/C(=C\CF)N=CC(=CN)c1cnc2ccccc2n1. The third-order valence-electron chi connectivity index (χ3n) is 2.77. The number of para-hydroxylation sites is 2. The van der Waals surface area contributed by atoms with Crippen molar-refractivity contribution in [3.05, 3.63) is 66.8 Å². The molecule has 0 saturated carbocycles. The van der Waals surface area contributed by atoms with Crippen molar-refractivity contribution in [1.82, 2.24) is 9.97 Å². The van der Waals surface area contributed by atoms with Gasteiger partial charge in [0.1, 0.15) is 6.67 Å². The van der Waals surface area contributed by atoms with Crippen molar-refractivity contribution in [2.45, 2.75) is 0 Å². The average molecular weight is 282 g/mol. The van der Waals surface area contributed by atoms with E-state index in [1.54, 1.807) is 6.20 Å². The van der Waals surface area contributed by atoms with Crippen LogP contribution in [0.15, 0.2) is 66.1 Å². The maximum absolute atomic E-state index is 12.3. The van der Waals surface area contributed by atoms with Gasteiger partial charge in [0.2, 0.25) is 0 Å². The first-order valence-electron chi connectivity index (χ1n) is 6.35. The van der Waals surface area contributed by atoms with Gasteiger partial charge in [0.05, 0.1) is 28.6 Å². The van der Waals surface area contributed by atoms with Gasteiger partial charge in [-0.2, -0.15) is 0 Å². The second-order valence-electron chi connectivity index (χ2n) is 4.11. The molecule has 21 heavy (non-hydrogen) atoms. The Balaban J connectivity index is 2.34. The molecule has 2 rings (SSSR count). The fourth-order valence-electron chi connectivity index (χ4n) is 1.70. The van der Waals surface area contributed by atoms with Crippen molar-refractivity contribution in [3.63, 3.8) is 0 Å². The zero-order valence-corrected chi connectivity index (χ0v) is 11.4. The van der Waals surface area contributed by atoms with Crippen molar-refractivity contribution < 1.29 is 4.39 Å². The third kappa shape index (κ3) is 3.60. The predicted octanol–water partition coefficient (Wildman–Crippen LogP) is 3.04. The molecule has 0 spiro atoms. The summed E-state index contributed by atoms with van der Waals surface area (Å²) in [6.45, 7) is 2.97. The van der Waals surface area contributed by atoms with E-state index in [1.165, 1.54) is 24.6 Å². The number of alkyl halides is 1. The summed E-state index contributed by atoms with van der Waals surface area (Å²) in [7, 11) is 0. The molecule has 0 bridgehead atoms. The van der Waals surface area contributed by atoms with Crippen LogP contribution in [-0.4, -0.2) is 22.9 Å². The summed E-state index contributed by atoms with van der Waals surface area (Å²) in [6.07, 6.45) is 7.32. The standard InChI is InChI=1S/C16H15FN4/c1-2-13(7-8-17)19-10-12(9-18)16-11-20-14-5-3-4-6-15(14)21-16/h2-7,9-11H,1,8,18H2/b12-9?,13-7+,19-10?. The lowest BCUT2D eigenvalue weighted by Gasteiger charge is -2.02. The molecule has 2 aromatic rings. The monoisotopic (exact) mass is 282 g/mol. The fraction of sp³-hybridized carbons (Fsp3) is 0.0625. The summed E-state index contributed by atoms with van der Waals surface area (Å²) in [5.41, 5.74) is 8.82. The Bertz CT molecular complexity index is 732. The highest BCUT2D eigenvalue weighted by Gasteiger charge is 2.03. The number of hydrogen-bond donors (Lipinski definition) is 1. The van der Waals surface area contributed by atoms with E-state index in [4.69, 9.17) is 5.73 Å². The van der Waals surface area contributed by atoms with Crippen LogP contribution in [-0.2, 0) is 0 Å². The summed E-state index contributed by atoms with van der Waals surface area (Å²) in [6, 6.07) is 7.54. The maximum Gasteiger partial charge on any atom is 0.110 e. The maximum atomic E-state index is 12.3. The summed E-state index contributed by atoms with van der Waals surface area (Å²) in [5, 5.41) is 0. The quantitative estimate of drug-likeness (QED) is 0.677. The highest BCUT2D eigenvalue weighted by molar-refractivity contribution is 6.09. The minimum atomic E-state index is -0.601. The van der Waals surface area contributed by atoms with Gasteiger partial charge in [-0.05, 0) is 24.3 Å². The number of nitrogens with zero attached hydrogens (tertiary/aromatic N) is 3. The van der Waals surface area contributed by atoms with Gasteiger partial charge in [-0.3, -0.25) is 9.98 Å². The molecule has 1 heterocycles. The fourth-order valence-corrected chi connectivity index (χ4v) is 1.70. The molecule has 106 valence electrons. The van der Waals surface area contributed by atoms with Crippen LogP contribution in [0.2, 0.25) is 0 Å². The Morgan fingerprint density at radius 3 is 2.76 bits per heavy atom. The van der Waals surface area contributed by atoms with Crippen LogP contribution in [0.1, 0.15) is 5.69 Å². The van der Waals surface area contributed by atoms with Crippen LogP contribution in [0.5, 0.6) is 0 Å². The minimum absolute atomic E-state index is 0.436. The molecular weight excluding hydrogens is 267 g/mol. The van der Waals surface area contributed by atoms with Crippen molar-refractivity contribution >= 4 is 22.8 Å². The van der Waals surface area contributed by atoms with Crippen molar-refractivity contribution in [1.29, 1.82) is 0 Å². The van der Waals surface area contributed by atoms with E-state index in [0.29, 0.717) is 17.0 Å². The normalized spacial score (nSPS) is 13.0. The molecule has 4 nitrogen and oxygen atoms in total. The number of fused-ring (bicyclic) bond motifs is 1. The summed E-state index contributed by atoms with van der Waals surface area (Å²) in [5.74, 6) is 0. The molecule has 0 atom stereocenters. The molecule has 0 aliphatic rings. The van der Waals surface area contributed by atoms with Crippen LogP contribution in [0.25, 0.3) is 16.6 Å². The summed E-state index contributed by atoms with van der Waals surface area (Å²) >= 11 is 0. The van der Waals surface area contributed by atoms with E-state index in [0.717, 1.165) is 11.0 Å². The average Bonchev–Trinajstić information content (AvgIpc) is 2.54. The summed E-state index contributed by atoms with van der Waals surface area (Å²) in [4.78, 5) is 12.9. The first-order chi connectivity index (χ1) is 10.3. The minimum Gasteiger partial charge on any atom is -0.404 e. The van der Waals surface area contributed by atoms with E-state index in [9.17, 15) is 4.39 Å². The Morgan fingerprint density at radius 2 is 2.10 bits per heavy atom. The zero-order chi connectivity index (χ0) is 15.1. The molecular formula is C16H15FN4. The van der Waals surface area contributed by atoms with Gasteiger partial charge in [0, 0.05) is 18.0 Å². The van der Waals surface area contributed by atoms with E-state index >= 15 is 0 Å². The molecule has 0 amide bonds. The van der Waals surface area contributed by atoms with Crippen LogP contribution >= 0.6 is 0 Å². The molecule has 0 aliphatic heterocycles. The Kier molecular flexibility index (Phi) is 4.93. The molecule has 0 radical (unpaired) electrons. The van der Waals surface area contributed by atoms with Gasteiger partial charge in [0.25, 0.3) is 0 Å². The third-order valence-corrected chi connectivity index (χ3v) is 2.77. The first-order valence-corrected chi connectivity index (χ1v) is 6.35. The van der Waals surface area contributed by atoms with E-state index < -0.39 is 6.67 Å².